The summed E-state index contributed by atoms with van der Waals surface area (Å²) >= 11 is 0. The Morgan fingerprint density at radius 2 is 1.35 bits per heavy atom. The largest absolute Gasteiger partial charge is 0.508 e. The van der Waals surface area contributed by atoms with Crippen LogP contribution in [0.2, 0.25) is 0 Å². The Hall–Kier alpha value is -1.77. The van der Waals surface area contributed by atoms with Crippen LogP contribution in [-0.4, -0.2) is 17.6 Å². The number of carbonyl (C=O) groups is 1. The van der Waals surface area contributed by atoms with Gasteiger partial charge in [-0.05, 0) is 30.2 Å². The van der Waals surface area contributed by atoms with Crippen LogP contribution in [0.5, 0.6) is 5.75 Å². The molecule has 1 aromatic carbocycles. The molecule has 0 atom stereocenters. The zero-order valence-corrected chi connectivity index (χ0v) is 16.5. The van der Waals surface area contributed by atoms with Crippen molar-refractivity contribution >= 4 is 12.0 Å². The maximum Gasteiger partial charge on any atom is 0.243 e. The van der Waals surface area contributed by atoms with Gasteiger partial charge in [0.15, 0.2) is 0 Å². The molecule has 0 heterocycles. The molecule has 0 aliphatic rings. The maximum absolute atomic E-state index is 11.7. The summed E-state index contributed by atoms with van der Waals surface area (Å²) in [6, 6.07) is 6.79. The smallest absolute Gasteiger partial charge is 0.243 e. The summed E-state index contributed by atoms with van der Waals surface area (Å²) in [5.41, 5.74) is 0.906. The lowest BCUT2D eigenvalue weighted by Gasteiger charge is -2.04. The van der Waals surface area contributed by atoms with Gasteiger partial charge in [0.2, 0.25) is 5.91 Å². The number of hydrogen-bond donors (Lipinski definition) is 2. The minimum atomic E-state index is -0.0545. The number of rotatable bonds is 15. The molecule has 2 N–H and O–H groups in total. The second-order valence-electron chi connectivity index (χ2n) is 7.10. The standard InChI is InChI=1S/C23H37NO2/c1-2-3-4-5-6-7-8-9-10-11-12-13-20-24-23(26)19-16-21-14-17-22(25)18-15-21/h14-19,25H,2-13,20H2,1H3,(H,24,26)/b19-16+. The van der Waals surface area contributed by atoms with E-state index >= 15 is 0 Å². The lowest BCUT2D eigenvalue weighted by atomic mass is 10.1. The first-order valence-corrected chi connectivity index (χ1v) is 10.5. The lowest BCUT2D eigenvalue weighted by Crippen LogP contribution is -2.21. The fourth-order valence-electron chi connectivity index (χ4n) is 2.99. The van der Waals surface area contributed by atoms with Gasteiger partial charge >= 0.3 is 0 Å². The third-order valence-electron chi connectivity index (χ3n) is 4.65. The highest BCUT2D eigenvalue weighted by Crippen LogP contribution is 2.12. The van der Waals surface area contributed by atoms with Crippen LogP contribution >= 0.6 is 0 Å². The molecule has 0 radical (unpaired) electrons. The van der Waals surface area contributed by atoms with Crippen molar-refractivity contribution in [1.82, 2.24) is 5.32 Å². The molecule has 0 aliphatic heterocycles. The zero-order chi connectivity index (χ0) is 18.9. The van der Waals surface area contributed by atoms with Crippen molar-refractivity contribution in [2.75, 3.05) is 6.54 Å². The van der Waals surface area contributed by atoms with Crippen molar-refractivity contribution in [2.24, 2.45) is 0 Å². The molecule has 1 amide bonds. The van der Waals surface area contributed by atoms with E-state index in [1.54, 1.807) is 36.4 Å². The normalized spacial score (nSPS) is 11.1. The monoisotopic (exact) mass is 359 g/mol. The van der Waals surface area contributed by atoms with E-state index in [1.807, 2.05) is 0 Å². The first kappa shape index (κ1) is 22.3. The van der Waals surface area contributed by atoms with Crippen molar-refractivity contribution in [3.63, 3.8) is 0 Å². The molecular formula is C23H37NO2. The van der Waals surface area contributed by atoms with E-state index in [2.05, 4.69) is 12.2 Å². The number of phenolic OH excluding ortho intramolecular Hbond substituents is 1. The van der Waals surface area contributed by atoms with Crippen molar-refractivity contribution in [3.05, 3.63) is 35.9 Å². The zero-order valence-electron chi connectivity index (χ0n) is 16.5. The molecule has 0 saturated carbocycles. The number of nitrogens with one attached hydrogen (secondary N) is 1. The minimum absolute atomic E-state index is 0.0545. The summed E-state index contributed by atoms with van der Waals surface area (Å²) in [6.45, 7) is 3.01. The van der Waals surface area contributed by atoms with Gasteiger partial charge < -0.3 is 10.4 Å². The molecule has 0 aliphatic carbocycles. The Bertz CT molecular complexity index is 493. The average molecular weight is 360 g/mol. The van der Waals surface area contributed by atoms with E-state index < -0.39 is 0 Å². The van der Waals surface area contributed by atoms with Crippen LogP contribution in [0, 0.1) is 0 Å². The van der Waals surface area contributed by atoms with E-state index in [9.17, 15) is 9.90 Å². The van der Waals surface area contributed by atoms with E-state index in [0.29, 0.717) is 0 Å². The summed E-state index contributed by atoms with van der Waals surface area (Å²) in [4.78, 5) is 11.7. The molecule has 146 valence electrons. The molecule has 0 unspecified atom stereocenters. The number of aromatic hydroxyl groups is 1. The molecule has 0 saturated heterocycles. The number of unbranched alkanes of at least 4 members (excludes halogenated alkanes) is 11. The van der Waals surface area contributed by atoms with Crippen molar-refractivity contribution in [3.8, 4) is 5.75 Å². The first-order valence-electron chi connectivity index (χ1n) is 10.5. The SMILES string of the molecule is CCCCCCCCCCCCCCNC(=O)/C=C/c1ccc(O)cc1. The Kier molecular flexibility index (Phi) is 13.3. The summed E-state index contributed by atoms with van der Waals surface area (Å²) in [7, 11) is 0. The molecule has 3 heteroatoms. The Balaban J connectivity index is 1.89. The third-order valence-corrected chi connectivity index (χ3v) is 4.65. The molecule has 0 aromatic heterocycles. The summed E-state index contributed by atoms with van der Waals surface area (Å²) < 4.78 is 0. The van der Waals surface area contributed by atoms with Gasteiger partial charge in [-0.2, -0.15) is 0 Å². The quantitative estimate of drug-likeness (QED) is 0.288. The Labute approximate surface area is 159 Å². The Morgan fingerprint density at radius 3 is 1.88 bits per heavy atom. The second-order valence-corrected chi connectivity index (χ2v) is 7.10. The molecule has 3 nitrogen and oxygen atoms in total. The van der Waals surface area contributed by atoms with E-state index in [4.69, 9.17) is 0 Å². The molecule has 0 fully saturated rings. The predicted molar refractivity (Wildman–Crippen MR) is 111 cm³/mol. The van der Waals surface area contributed by atoms with Crippen LogP contribution < -0.4 is 5.32 Å². The maximum atomic E-state index is 11.7. The van der Waals surface area contributed by atoms with Crippen molar-refractivity contribution in [1.29, 1.82) is 0 Å². The summed E-state index contributed by atoms with van der Waals surface area (Å²) in [5.74, 6) is 0.180. The highest BCUT2D eigenvalue weighted by molar-refractivity contribution is 5.91. The number of hydrogen-bond acceptors (Lipinski definition) is 2. The highest BCUT2D eigenvalue weighted by atomic mass is 16.3. The number of amides is 1. The van der Waals surface area contributed by atoms with Crippen LogP contribution in [0.15, 0.2) is 30.3 Å². The van der Waals surface area contributed by atoms with Crippen LogP contribution in [0.25, 0.3) is 6.08 Å². The van der Waals surface area contributed by atoms with Gasteiger partial charge in [-0.1, -0.05) is 89.7 Å². The van der Waals surface area contributed by atoms with Gasteiger partial charge in [0.25, 0.3) is 0 Å². The number of carbonyl (C=O) groups excluding carboxylic acids is 1. The second kappa shape index (κ2) is 15.5. The van der Waals surface area contributed by atoms with E-state index in [1.165, 1.54) is 70.6 Å². The number of benzene rings is 1. The van der Waals surface area contributed by atoms with Crippen molar-refractivity contribution in [2.45, 2.75) is 84.0 Å². The van der Waals surface area contributed by atoms with Gasteiger partial charge in [0.1, 0.15) is 5.75 Å². The molecule has 26 heavy (non-hydrogen) atoms. The van der Waals surface area contributed by atoms with Gasteiger partial charge in [-0.25, -0.2) is 0 Å². The van der Waals surface area contributed by atoms with Crippen LogP contribution in [0.4, 0.5) is 0 Å². The summed E-state index contributed by atoms with van der Waals surface area (Å²) in [5, 5.41) is 12.1. The lowest BCUT2D eigenvalue weighted by molar-refractivity contribution is -0.116. The fraction of sp³-hybridized carbons (Fsp3) is 0.609. The third kappa shape index (κ3) is 12.6. The van der Waals surface area contributed by atoms with Gasteiger partial charge in [0, 0.05) is 12.6 Å². The molecular weight excluding hydrogens is 322 g/mol. The molecule has 1 aromatic rings. The highest BCUT2D eigenvalue weighted by Gasteiger charge is 1.96. The van der Waals surface area contributed by atoms with E-state index in [0.717, 1.165) is 18.5 Å². The number of phenols is 1. The summed E-state index contributed by atoms with van der Waals surface area (Å²) in [6.07, 6.45) is 19.2. The van der Waals surface area contributed by atoms with E-state index in [-0.39, 0.29) is 11.7 Å². The van der Waals surface area contributed by atoms with Crippen LogP contribution in [0.3, 0.4) is 0 Å². The predicted octanol–water partition coefficient (Wildman–Crippen LogP) is 6.22. The van der Waals surface area contributed by atoms with Crippen LogP contribution in [-0.2, 0) is 4.79 Å². The fourth-order valence-corrected chi connectivity index (χ4v) is 2.99. The molecule has 0 spiro atoms. The van der Waals surface area contributed by atoms with Gasteiger partial charge in [-0.3, -0.25) is 4.79 Å². The van der Waals surface area contributed by atoms with Crippen molar-refractivity contribution < 1.29 is 9.90 Å². The molecule has 1 rings (SSSR count). The molecule has 0 bridgehead atoms. The van der Waals surface area contributed by atoms with Crippen LogP contribution in [0.1, 0.15) is 89.5 Å². The van der Waals surface area contributed by atoms with Gasteiger partial charge in [-0.15, -0.1) is 0 Å². The topological polar surface area (TPSA) is 49.3 Å². The Morgan fingerprint density at radius 1 is 0.846 bits per heavy atom. The van der Waals surface area contributed by atoms with Gasteiger partial charge in [0.05, 0.1) is 0 Å². The first-order chi connectivity index (χ1) is 12.7. The minimum Gasteiger partial charge on any atom is -0.508 e. The average Bonchev–Trinajstić information content (AvgIpc) is 2.65.